The Bertz CT molecular complexity index is 598. The first-order chi connectivity index (χ1) is 11.2. The minimum atomic E-state index is -0.898. The van der Waals surface area contributed by atoms with E-state index in [1.807, 2.05) is 26.8 Å². The minimum absolute atomic E-state index is 0.0116. The normalized spacial score (nSPS) is 13.2. The van der Waals surface area contributed by atoms with Crippen molar-refractivity contribution < 1.29 is 19.5 Å². The fourth-order valence-corrected chi connectivity index (χ4v) is 2.30. The second kappa shape index (κ2) is 9.05. The molecule has 0 saturated heterocycles. The third-order valence-electron chi connectivity index (χ3n) is 3.66. The quantitative estimate of drug-likeness (QED) is 0.677. The Kier molecular flexibility index (Phi) is 7.42. The predicted molar refractivity (Wildman–Crippen MR) is 91.7 cm³/mol. The van der Waals surface area contributed by atoms with Crippen LogP contribution in [0.25, 0.3) is 0 Å². The smallest absolute Gasteiger partial charge is 0.303 e. The molecule has 0 aliphatic heterocycles. The van der Waals surface area contributed by atoms with Crippen molar-refractivity contribution in [1.82, 2.24) is 10.6 Å². The third-order valence-corrected chi connectivity index (χ3v) is 3.66. The van der Waals surface area contributed by atoms with Crippen molar-refractivity contribution >= 4 is 17.8 Å². The van der Waals surface area contributed by atoms with Crippen molar-refractivity contribution in [3.8, 4) is 0 Å². The highest BCUT2D eigenvalue weighted by Gasteiger charge is 2.25. The van der Waals surface area contributed by atoms with E-state index in [0.717, 1.165) is 5.56 Å². The number of hydrogen-bond donors (Lipinski definition) is 3. The fraction of sp³-hybridized carbons (Fsp3) is 0.500. The van der Waals surface area contributed by atoms with Crippen molar-refractivity contribution in [2.24, 2.45) is 11.8 Å². The summed E-state index contributed by atoms with van der Waals surface area (Å²) in [7, 11) is 0. The molecule has 3 N–H and O–H groups in total. The topological polar surface area (TPSA) is 95.5 Å². The highest BCUT2D eigenvalue weighted by atomic mass is 16.4. The van der Waals surface area contributed by atoms with Gasteiger partial charge in [-0.05, 0) is 30.9 Å². The number of carbonyl (C=O) groups excluding carboxylic acids is 2. The second-order valence-corrected chi connectivity index (χ2v) is 6.51. The maximum Gasteiger partial charge on any atom is 0.303 e. The Balaban J connectivity index is 2.67. The van der Waals surface area contributed by atoms with E-state index >= 15 is 0 Å². The van der Waals surface area contributed by atoms with Crippen molar-refractivity contribution in [3.63, 3.8) is 0 Å². The third kappa shape index (κ3) is 6.40. The number of hydrogen-bond acceptors (Lipinski definition) is 3. The maximum absolute atomic E-state index is 12.3. The van der Waals surface area contributed by atoms with Gasteiger partial charge in [-0.15, -0.1) is 0 Å². The molecule has 0 heterocycles. The summed E-state index contributed by atoms with van der Waals surface area (Å²) in [5.74, 6) is -1.76. The largest absolute Gasteiger partial charge is 0.481 e. The first-order valence-electron chi connectivity index (χ1n) is 8.07. The van der Waals surface area contributed by atoms with Crippen LogP contribution in [0.15, 0.2) is 24.3 Å². The lowest BCUT2D eigenvalue weighted by atomic mass is 10.0. The zero-order valence-electron chi connectivity index (χ0n) is 14.6. The van der Waals surface area contributed by atoms with E-state index in [0.29, 0.717) is 5.56 Å². The molecule has 2 amide bonds. The van der Waals surface area contributed by atoms with E-state index < -0.39 is 12.0 Å². The van der Waals surface area contributed by atoms with E-state index in [1.54, 1.807) is 25.1 Å². The number of carbonyl (C=O) groups is 3. The Morgan fingerprint density at radius 2 is 1.83 bits per heavy atom. The first-order valence-corrected chi connectivity index (χ1v) is 8.07. The highest BCUT2D eigenvalue weighted by Crippen LogP contribution is 2.08. The molecule has 2 atom stereocenters. The van der Waals surface area contributed by atoms with Gasteiger partial charge < -0.3 is 15.7 Å². The molecule has 0 aliphatic carbocycles. The number of carboxylic acids is 1. The van der Waals surface area contributed by atoms with Crippen molar-refractivity contribution in [2.45, 2.75) is 40.2 Å². The van der Waals surface area contributed by atoms with Crippen LogP contribution in [0.1, 0.15) is 43.1 Å². The summed E-state index contributed by atoms with van der Waals surface area (Å²) in [5.41, 5.74) is 1.48. The van der Waals surface area contributed by atoms with Crippen LogP contribution in [-0.2, 0) is 9.59 Å². The summed E-state index contributed by atoms with van der Waals surface area (Å²) >= 11 is 0. The van der Waals surface area contributed by atoms with Crippen LogP contribution in [0.4, 0.5) is 0 Å². The predicted octanol–water partition coefficient (Wildman–Crippen LogP) is 1.98. The Hall–Kier alpha value is -2.37. The van der Waals surface area contributed by atoms with Crippen LogP contribution in [-0.4, -0.2) is 35.5 Å². The summed E-state index contributed by atoms with van der Waals surface area (Å²) in [6.45, 7) is 7.61. The monoisotopic (exact) mass is 334 g/mol. The van der Waals surface area contributed by atoms with Gasteiger partial charge in [0.2, 0.25) is 5.91 Å². The molecule has 2 unspecified atom stereocenters. The van der Waals surface area contributed by atoms with E-state index in [-0.39, 0.29) is 36.6 Å². The SMILES string of the molecule is Cc1cccc(C(=O)NC(C(=O)NCC(C)CC(=O)O)C(C)C)c1. The van der Waals surface area contributed by atoms with Gasteiger partial charge >= 0.3 is 5.97 Å². The highest BCUT2D eigenvalue weighted by molar-refractivity contribution is 5.97. The van der Waals surface area contributed by atoms with Crippen molar-refractivity contribution in [2.75, 3.05) is 6.54 Å². The number of carboxylic acid groups (broad SMARTS) is 1. The zero-order valence-corrected chi connectivity index (χ0v) is 14.6. The number of rotatable bonds is 8. The van der Waals surface area contributed by atoms with Gasteiger partial charge in [-0.3, -0.25) is 14.4 Å². The molecule has 0 saturated carbocycles. The van der Waals surface area contributed by atoms with E-state index in [4.69, 9.17) is 5.11 Å². The molecular formula is C18H26N2O4. The first kappa shape index (κ1) is 19.7. The van der Waals surface area contributed by atoms with Crippen LogP contribution < -0.4 is 10.6 Å². The molecule has 0 aliphatic rings. The average molecular weight is 334 g/mol. The zero-order chi connectivity index (χ0) is 18.3. The lowest BCUT2D eigenvalue weighted by molar-refractivity contribution is -0.138. The van der Waals surface area contributed by atoms with Gasteiger partial charge in [0.1, 0.15) is 6.04 Å². The molecule has 1 aromatic carbocycles. The number of amides is 2. The molecule has 0 radical (unpaired) electrons. The Labute approximate surface area is 142 Å². The van der Waals surface area contributed by atoms with Gasteiger partial charge in [0, 0.05) is 18.5 Å². The van der Waals surface area contributed by atoms with Gasteiger partial charge in [0.05, 0.1) is 0 Å². The molecule has 6 nitrogen and oxygen atoms in total. The standard InChI is InChI=1S/C18H26N2O4/c1-11(2)16(18(24)19-10-13(4)9-15(21)22)20-17(23)14-7-5-6-12(3)8-14/h5-8,11,13,16H,9-10H2,1-4H3,(H,19,24)(H,20,23)(H,21,22). The average Bonchev–Trinajstić information content (AvgIpc) is 2.49. The van der Waals surface area contributed by atoms with E-state index in [2.05, 4.69) is 10.6 Å². The molecule has 0 bridgehead atoms. The Morgan fingerprint density at radius 3 is 2.38 bits per heavy atom. The van der Waals surface area contributed by atoms with Gasteiger partial charge in [0.15, 0.2) is 0 Å². The molecule has 24 heavy (non-hydrogen) atoms. The number of nitrogens with one attached hydrogen (secondary N) is 2. The molecule has 1 aromatic rings. The van der Waals surface area contributed by atoms with Crippen LogP contribution in [0.3, 0.4) is 0 Å². The summed E-state index contributed by atoms with van der Waals surface area (Å²) in [6.07, 6.45) is -0.0116. The van der Waals surface area contributed by atoms with E-state index in [1.165, 1.54) is 0 Å². The fourth-order valence-electron chi connectivity index (χ4n) is 2.30. The lowest BCUT2D eigenvalue weighted by Gasteiger charge is -2.22. The summed E-state index contributed by atoms with van der Waals surface area (Å²) in [5, 5.41) is 14.2. The number of aliphatic carboxylic acids is 1. The number of benzene rings is 1. The summed E-state index contributed by atoms with van der Waals surface area (Å²) in [6, 6.07) is 6.48. The van der Waals surface area contributed by atoms with Crippen molar-refractivity contribution in [1.29, 1.82) is 0 Å². The Morgan fingerprint density at radius 1 is 1.17 bits per heavy atom. The van der Waals surface area contributed by atoms with Gasteiger partial charge in [0.25, 0.3) is 5.91 Å². The van der Waals surface area contributed by atoms with Crippen LogP contribution >= 0.6 is 0 Å². The number of aryl methyl sites for hydroxylation is 1. The molecule has 6 heteroatoms. The lowest BCUT2D eigenvalue weighted by Crippen LogP contribution is -2.50. The molecule has 1 rings (SSSR count). The van der Waals surface area contributed by atoms with Crippen LogP contribution in [0.2, 0.25) is 0 Å². The molecular weight excluding hydrogens is 308 g/mol. The summed E-state index contributed by atoms with van der Waals surface area (Å²) in [4.78, 5) is 35.3. The second-order valence-electron chi connectivity index (χ2n) is 6.51. The van der Waals surface area contributed by atoms with Gasteiger partial charge in [-0.25, -0.2) is 0 Å². The van der Waals surface area contributed by atoms with Crippen LogP contribution in [0.5, 0.6) is 0 Å². The maximum atomic E-state index is 12.3. The molecule has 132 valence electrons. The molecule has 0 fully saturated rings. The molecule has 0 spiro atoms. The minimum Gasteiger partial charge on any atom is -0.481 e. The summed E-state index contributed by atoms with van der Waals surface area (Å²) < 4.78 is 0. The van der Waals surface area contributed by atoms with Gasteiger partial charge in [-0.2, -0.15) is 0 Å². The van der Waals surface area contributed by atoms with E-state index in [9.17, 15) is 14.4 Å². The molecule has 0 aromatic heterocycles. The van der Waals surface area contributed by atoms with Crippen molar-refractivity contribution in [3.05, 3.63) is 35.4 Å². The van der Waals surface area contributed by atoms with Crippen LogP contribution in [0, 0.1) is 18.8 Å². The van der Waals surface area contributed by atoms with Gasteiger partial charge in [-0.1, -0.05) is 38.5 Å².